The van der Waals surface area contributed by atoms with E-state index in [1.165, 1.54) is 12.1 Å². The normalized spacial score (nSPS) is 9.55. The minimum Gasteiger partial charge on any atom is -0.478 e. The average molecular weight is 166 g/mol. The molecule has 0 aliphatic carbocycles. The van der Waals surface area contributed by atoms with Crippen LogP contribution in [0.5, 0.6) is 0 Å². The van der Waals surface area contributed by atoms with Gasteiger partial charge in [-0.05, 0) is 6.07 Å². The van der Waals surface area contributed by atoms with Crippen molar-refractivity contribution in [2.45, 2.75) is 0 Å². The second kappa shape index (κ2) is 2.97. The van der Waals surface area contributed by atoms with E-state index < -0.39 is 5.97 Å². The van der Waals surface area contributed by atoms with Gasteiger partial charge in [0.05, 0.1) is 10.6 Å². The summed E-state index contributed by atoms with van der Waals surface area (Å²) in [6.07, 6.45) is 0. The number of benzene rings is 1. The highest BCUT2D eigenvalue weighted by Crippen LogP contribution is 2.12. The Morgan fingerprint density at radius 1 is 1.55 bits per heavy atom. The molecule has 1 aromatic carbocycles. The zero-order valence-electron chi connectivity index (χ0n) is 5.54. The van der Waals surface area contributed by atoms with Gasteiger partial charge in [0, 0.05) is 0 Å². The molecule has 0 aliphatic rings. The van der Waals surface area contributed by atoms with Crippen LogP contribution in [0.4, 0.5) is 0 Å². The zero-order valence-corrected chi connectivity index (χ0v) is 6.30. The average Bonchev–Trinajstić information content (AvgIpc) is 1.94. The van der Waals surface area contributed by atoms with Crippen molar-refractivity contribution in [3.63, 3.8) is 0 Å². The second-order valence-electron chi connectivity index (χ2n) is 2.04. The molecule has 1 N–H and O–H groups in total. The Bertz CT molecular complexity index is 298. The molecule has 11 heavy (non-hydrogen) atoms. The zero-order chi connectivity index (χ0) is 8.43. The Kier molecular flexibility index (Phi) is 2.20. The highest BCUT2D eigenvalue weighted by molar-refractivity contribution is 6.36. The molecule has 2 nitrogen and oxygen atoms in total. The summed E-state index contributed by atoms with van der Waals surface area (Å²) in [7, 11) is 5.34. The molecular formula is C7H4BClO2. The van der Waals surface area contributed by atoms with Crippen molar-refractivity contribution in [3.8, 4) is 0 Å². The van der Waals surface area contributed by atoms with E-state index in [0.717, 1.165) is 0 Å². The fourth-order valence-electron chi connectivity index (χ4n) is 0.707. The van der Waals surface area contributed by atoms with Gasteiger partial charge in [0.2, 0.25) is 0 Å². The van der Waals surface area contributed by atoms with Gasteiger partial charge in [-0.25, -0.2) is 4.79 Å². The molecule has 0 bridgehead atoms. The predicted octanol–water partition coefficient (Wildman–Crippen LogP) is 0.832. The Hall–Kier alpha value is -0.955. The van der Waals surface area contributed by atoms with E-state index in [9.17, 15) is 4.79 Å². The maximum absolute atomic E-state index is 10.4. The van der Waals surface area contributed by atoms with Crippen molar-refractivity contribution in [2.75, 3.05) is 0 Å². The number of hydrogen-bond acceptors (Lipinski definition) is 1. The first-order valence-corrected chi connectivity index (χ1v) is 3.27. The molecule has 0 aliphatic heterocycles. The van der Waals surface area contributed by atoms with Gasteiger partial charge >= 0.3 is 5.97 Å². The van der Waals surface area contributed by atoms with Crippen LogP contribution >= 0.6 is 11.6 Å². The first-order valence-electron chi connectivity index (χ1n) is 2.89. The van der Waals surface area contributed by atoms with Gasteiger partial charge in [-0.15, -0.1) is 0 Å². The SMILES string of the molecule is [B]c1ccc(Cl)c(C(=O)O)c1. The molecule has 1 aromatic rings. The number of hydrogen-bond donors (Lipinski definition) is 1. The largest absolute Gasteiger partial charge is 0.478 e. The van der Waals surface area contributed by atoms with Gasteiger partial charge in [0.15, 0.2) is 0 Å². The van der Waals surface area contributed by atoms with Crippen molar-refractivity contribution in [3.05, 3.63) is 28.8 Å². The van der Waals surface area contributed by atoms with Crippen LogP contribution in [0.15, 0.2) is 18.2 Å². The monoisotopic (exact) mass is 166 g/mol. The molecule has 54 valence electrons. The summed E-state index contributed by atoms with van der Waals surface area (Å²) >= 11 is 5.55. The number of carbonyl (C=O) groups is 1. The summed E-state index contributed by atoms with van der Waals surface area (Å²) in [6.45, 7) is 0. The molecule has 0 spiro atoms. The van der Waals surface area contributed by atoms with Crippen LogP contribution < -0.4 is 5.46 Å². The Morgan fingerprint density at radius 3 is 2.64 bits per heavy atom. The number of aromatic carboxylic acids is 1. The van der Waals surface area contributed by atoms with Gasteiger partial charge in [-0.2, -0.15) is 0 Å². The molecule has 0 saturated carbocycles. The van der Waals surface area contributed by atoms with E-state index in [4.69, 9.17) is 24.6 Å². The minimum absolute atomic E-state index is 0.0340. The lowest BCUT2D eigenvalue weighted by Gasteiger charge is -1.98. The lowest BCUT2D eigenvalue weighted by Crippen LogP contribution is -2.07. The van der Waals surface area contributed by atoms with Crippen molar-refractivity contribution < 1.29 is 9.90 Å². The van der Waals surface area contributed by atoms with Gasteiger partial charge in [0.25, 0.3) is 0 Å². The lowest BCUT2D eigenvalue weighted by atomic mass is 9.94. The molecule has 2 radical (unpaired) electrons. The van der Waals surface area contributed by atoms with Crippen LogP contribution in [0, 0.1) is 0 Å². The maximum Gasteiger partial charge on any atom is 0.337 e. The van der Waals surface area contributed by atoms with Crippen molar-refractivity contribution >= 4 is 30.9 Å². The van der Waals surface area contributed by atoms with Gasteiger partial charge in [-0.1, -0.05) is 29.2 Å². The number of halogens is 1. The van der Waals surface area contributed by atoms with Crippen LogP contribution in [0.2, 0.25) is 5.02 Å². The quantitative estimate of drug-likeness (QED) is 0.628. The van der Waals surface area contributed by atoms with E-state index in [1.54, 1.807) is 6.07 Å². The van der Waals surface area contributed by atoms with Gasteiger partial charge < -0.3 is 5.11 Å². The number of carboxylic acid groups (broad SMARTS) is 1. The van der Waals surface area contributed by atoms with Crippen LogP contribution in [-0.2, 0) is 0 Å². The highest BCUT2D eigenvalue weighted by atomic mass is 35.5. The molecule has 0 unspecified atom stereocenters. The first-order chi connectivity index (χ1) is 5.11. The molecular weight excluding hydrogens is 162 g/mol. The van der Waals surface area contributed by atoms with E-state index in [2.05, 4.69) is 0 Å². The summed E-state index contributed by atoms with van der Waals surface area (Å²) in [6, 6.07) is 4.33. The van der Waals surface area contributed by atoms with Gasteiger partial charge in [-0.3, -0.25) is 0 Å². The molecule has 0 aromatic heterocycles. The summed E-state index contributed by atoms with van der Waals surface area (Å²) in [5.74, 6) is -1.07. The van der Waals surface area contributed by atoms with E-state index >= 15 is 0 Å². The maximum atomic E-state index is 10.4. The summed E-state index contributed by atoms with van der Waals surface area (Å²) in [4.78, 5) is 10.4. The summed E-state index contributed by atoms with van der Waals surface area (Å²) in [5, 5.41) is 8.75. The molecule has 0 amide bonds. The molecule has 0 saturated heterocycles. The van der Waals surface area contributed by atoms with Crippen LogP contribution in [-0.4, -0.2) is 18.9 Å². The van der Waals surface area contributed by atoms with Crippen molar-refractivity contribution in [2.24, 2.45) is 0 Å². The molecule has 1 rings (SSSR count). The summed E-state index contributed by atoms with van der Waals surface area (Å²) in [5.41, 5.74) is 0.429. The third-order valence-corrected chi connectivity index (χ3v) is 1.55. The topological polar surface area (TPSA) is 37.3 Å². The fourth-order valence-corrected chi connectivity index (χ4v) is 0.905. The standard InChI is InChI=1S/C7H4BClO2/c8-4-1-2-6(9)5(3-4)7(10)11/h1-3H,(H,10,11). The third-order valence-electron chi connectivity index (χ3n) is 1.22. The van der Waals surface area contributed by atoms with Crippen molar-refractivity contribution in [1.29, 1.82) is 0 Å². The van der Waals surface area contributed by atoms with E-state index in [1.807, 2.05) is 0 Å². The van der Waals surface area contributed by atoms with E-state index in [0.29, 0.717) is 5.46 Å². The first kappa shape index (κ1) is 8.14. The smallest absolute Gasteiger partial charge is 0.337 e. The molecule has 0 atom stereocenters. The Morgan fingerprint density at radius 2 is 2.18 bits per heavy atom. The summed E-state index contributed by atoms with van der Waals surface area (Å²) < 4.78 is 0. The number of rotatable bonds is 1. The Balaban J connectivity index is 3.23. The second-order valence-corrected chi connectivity index (χ2v) is 2.45. The van der Waals surface area contributed by atoms with Crippen LogP contribution in [0.3, 0.4) is 0 Å². The predicted molar refractivity (Wildman–Crippen MR) is 43.8 cm³/mol. The van der Waals surface area contributed by atoms with Crippen molar-refractivity contribution in [1.82, 2.24) is 0 Å². The molecule has 4 heteroatoms. The fraction of sp³-hybridized carbons (Fsp3) is 0. The van der Waals surface area contributed by atoms with Gasteiger partial charge in [0.1, 0.15) is 7.85 Å². The molecule has 0 fully saturated rings. The minimum atomic E-state index is -1.07. The lowest BCUT2D eigenvalue weighted by molar-refractivity contribution is 0.0697. The van der Waals surface area contributed by atoms with Crippen LogP contribution in [0.25, 0.3) is 0 Å². The molecule has 0 heterocycles. The Labute approximate surface area is 70.2 Å². The van der Waals surface area contributed by atoms with Crippen LogP contribution in [0.1, 0.15) is 10.4 Å². The van der Waals surface area contributed by atoms with E-state index in [-0.39, 0.29) is 10.6 Å². The number of carboxylic acids is 1. The highest BCUT2D eigenvalue weighted by Gasteiger charge is 2.06. The third kappa shape index (κ3) is 1.74.